The second kappa shape index (κ2) is 8.14. The van der Waals surface area contributed by atoms with Crippen LogP contribution in [0.5, 0.6) is 5.88 Å². The summed E-state index contributed by atoms with van der Waals surface area (Å²) in [5, 5.41) is 19.1. The van der Waals surface area contributed by atoms with Gasteiger partial charge in [0.25, 0.3) is 0 Å². The molecule has 10 heteroatoms. The number of aryl methyl sites for hydroxylation is 1. The first-order valence-corrected chi connectivity index (χ1v) is 10.7. The lowest BCUT2D eigenvalue weighted by atomic mass is 10.2. The molecule has 4 aromatic heterocycles. The van der Waals surface area contributed by atoms with Crippen LogP contribution in [0.3, 0.4) is 0 Å². The zero-order valence-corrected chi connectivity index (χ0v) is 18.0. The predicted octanol–water partition coefficient (Wildman–Crippen LogP) is 3.05. The summed E-state index contributed by atoms with van der Waals surface area (Å²) in [6.07, 6.45) is 1.84. The number of fused-ring (bicyclic) bond motifs is 3. The molecule has 10 nitrogen and oxygen atoms in total. The lowest BCUT2D eigenvalue weighted by molar-refractivity contribution is 0.122. The van der Waals surface area contributed by atoms with E-state index in [9.17, 15) is 0 Å². The summed E-state index contributed by atoms with van der Waals surface area (Å²) in [4.78, 5) is 6.82. The second-order valence-corrected chi connectivity index (χ2v) is 7.85. The van der Waals surface area contributed by atoms with Crippen molar-refractivity contribution in [3.05, 3.63) is 60.0 Å². The van der Waals surface area contributed by atoms with Crippen molar-refractivity contribution < 1.29 is 14.0 Å². The van der Waals surface area contributed by atoms with E-state index in [1.807, 2.05) is 49.5 Å². The van der Waals surface area contributed by atoms with Gasteiger partial charge in [0.05, 0.1) is 13.2 Å². The third kappa shape index (κ3) is 3.64. The Bertz CT molecular complexity index is 1420. The molecule has 0 unspecified atom stereocenters. The monoisotopic (exact) mass is 443 g/mol. The highest BCUT2D eigenvalue weighted by Crippen LogP contribution is 2.29. The fourth-order valence-corrected chi connectivity index (χ4v) is 3.92. The first kappa shape index (κ1) is 19.6. The van der Waals surface area contributed by atoms with Crippen LogP contribution in [0.25, 0.3) is 27.9 Å². The Kier molecular flexibility index (Phi) is 4.84. The molecule has 6 rings (SSSR count). The van der Waals surface area contributed by atoms with Gasteiger partial charge in [0.15, 0.2) is 11.3 Å². The molecule has 1 saturated heterocycles. The van der Waals surface area contributed by atoms with Crippen LogP contribution in [0.1, 0.15) is 11.3 Å². The van der Waals surface area contributed by atoms with Gasteiger partial charge in [-0.05, 0) is 19.1 Å². The van der Waals surface area contributed by atoms with E-state index in [1.165, 1.54) is 0 Å². The molecule has 5 heterocycles. The van der Waals surface area contributed by atoms with E-state index in [0.29, 0.717) is 35.4 Å². The molecule has 1 fully saturated rings. The van der Waals surface area contributed by atoms with Crippen LogP contribution in [-0.4, -0.2) is 56.3 Å². The predicted molar refractivity (Wildman–Crippen MR) is 120 cm³/mol. The van der Waals surface area contributed by atoms with Gasteiger partial charge in [-0.25, -0.2) is 4.98 Å². The molecular formula is C23H21N7O3. The van der Waals surface area contributed by atoms with E-state index in [1.54, 1.807) is 10.6 Å². The van der Waals surface area contributed by atoms with E-state index < -0.39 is 0 Å². The second-order valence-electron chi connectivity index (χ2n) is 7.85. The molecule has 0 amide bonds. The van der Waals surface area contributed by atoms with Crippen LogP contribution in [0, 0.1) is 6.92 Å². The van der Waals surface area contributed by atoms with E-state index in [2.05, 4.69) is 25.2 Å². The van der Waals surface area contributed by atoms with Gasteiger partial charge >= 0.3 is 0 Å². The van der Waals surface area contributed by atoms with E-state index in [-0.39, 0.29) is 0 Å². The van der Waals surface area contributed by atoms with Crippen LogP contribution in [-0.2, 0) is 11.3 Å². The van der Waals surface area contributed by atoms with E-state index >= 15 is 0 Å². The number of rotatable bonds is 5. The molecule has 0 bridgehead atoms. The van der Waals surface area contributed by atoms with Crippen LogP contribution in [0.4, 0.5) is 5.82 Å². The van der Waals surface area contributed by atoms with Gasteiger partial charge in [0.2, 0.25) is 11.7 Å². The molecule has 0 spiro atoms. The highest BCUT2D eigenvalue weighted by atomic mass is 16.5. The lowest BCUT2D eigenvalue weighted by Crippen LogP contribution is -2.36. The van der Waals surface area contributed by atoms with Gasteiger partial charge in [0.1, 0.15) is 18.2 Å². The number of morpholine rings is 1. The topological polar surface area (TPSA) is 104 Å². The van der Waals surface area contributed by atoms with Crippen LogP contribution in [0.15, 0.2) is 53.2 Å². The average Bonchev–Trinajstić information content (AvgIpc) is 3.49. The number of hydrogen-bond acceptors (Lipinski definition) is 9. The SMILES string of the molecule is Cc1cc(-c2nnc3c4ccccc4c(OCc4ccc(N5CCOCC5)nc4)nn23)no1. The summed E-state index contributed by atoms with van der Waals surface area (Å²) in [7, 11) is 0. The minimum absolute atomic E-state index is 0.333. The molecule has 0 atom stereocenters. The molecule has 5 aromatic rings. The molecule has 1 aliphatic rings. The Labute approximate surface area is 188 Å². The van der Waals surface area contributed by atoms with E-state index in [0.717, 1.165) is 48.5 Å². The Balaban J connectivity index is 1.32. The number of aromatic nitrogens is 6. The van der Waals surface area contributed by atoms with Crippen molar-refractivity contribution in [3.8, 4) is 17.4 Å². The molecule has 33 heavy (non-hydrogen) atoms. The quantitative estimate of drug-likeness (QED) is 0.405. The van der Waals surface area contributed by atoms with E-state index in [4.69, 9.17) is 19.1 Å². The number of ether oxygens (including phenoxy) is 2. The van der Waals surface area contributed by atoms with Crippen molar-refractivity contribution in [1.29, 1.82) is 0 Å². The van der Waals surface area contributed by atoms with Crippen LogP contribution < -0.4 is 9.64 Å². The van der Waals surface area contributed by atoms with Gasteiger partial charge < -0.3 is 18.9 Å². The molecule has 1 aromatic carbocycles. The highest BCUT2D eigenvalue weighted by Gasteiger charge is 2.18. The Hall–Kier alpha value is -4.05. The third-order valence-corrected chi connectivity index (χ3v) is 5.61. The Morgan fingerprint density at radius 2 is 1.88 bits per heavy atom. The minimum atomic E-state index is 0.333. The molecule has 0 saturated carbocycles. The van der Waals surface area contributed by atoms with Crippen LogP contribution >= 0.6 is 0 Å². The lowest BCUT2D eigenvalue weighted by Gasteiger charge is -2.27. The molecule has 1 aliphatic heterocycles. The summed E-state index contributed by atoms with van der Waals surface area (Å²) in [5.74, 6) is 2.61. The number of pyridine rings is 1. The summed E-state index contributed by atoms with van der Waals surface area (Å²) < 4.78 is 18.4. The Morgan fingerprint density at radius 3 is 2.64 bits per heavy atom. The highest BCUT2D eigenvalue weighted by molar-refractivity contribution is 5.96. The fourth-order valence-electron chi connectivity index (χ4n) is 3.92. The van der Waals surface area contributed by atoms with Crippen molar-refractivity contribution in [2.75, 3.05) is 31.2 Å². The Morgan fingerprint density at radius 1 is 1.03 bits per heavy atom. The number of hydrogen-bond donors (Lipinski definition) is 0. The summed E-state index contributed by atoms with van der Waals surface area (Å²) in [6, 6.07) is 13.7. The maximum atomic E-state index is 6.16. The van der Waals surface area contributed by atoms with Crippen molar-refractivity contribution in [2.45, 2.75) is 13.5 Å². The maximum Gasteiger partial charge on any atom is 0.240 e. The first-order valence-electron chi connectivity index (χ1n) is 10.7. The standard InChI is InChI=1S/C23H21N7O3/c1-15-12-19(28-33-15)22-26-25-21-17-4-2-3-5-18(17)23(27-30(21)22)32-14-16-6-7-20(24-13-16)29-8-10-31-11-9-29/h2-7,12-13H,8-11,14H2,1H3. The van der Waals surface area contributed by atoms with Crippen molar-refractivity contribution in [3.63, 3.8) is 0 Å². The zero-order valence-electron chi connectivity index (χ0n) is 18.0. The van der Waals surface area contributed by atoms with Gasteiger partial charge in [-0.3, -0.25) is 0 Å². The third-order valence-electron chi connectivity index (χ3n) is 5.61. The molecule has 0 radical (unpaired) electrons. The van der Waals surface area contributed by atoms with Gasteiger partial charge in [0, 0.05) is 41.7 Å². The smallest absolute Gasteiger partial charge is 0.240 e. The molecule has 166 valence electrons. The molecule has 0 aliphatic carbocycles. The molecular weight excluding hydrogens is 422 g/mol. The number of nitrogens with zero attached hydrogens (tertiary/aromatic N) is 7. The van der Waals surface area contributed by atoms with Crippen LogP contribution in [0.2, 0.25) is 0 Å². The van der Waals surface area contributed by atoms with Gasteiger partial charge in [-0.15, -0.1) is 15.3 Å². The van der Waals surface area contributed by atoms with Crippen molar-refractivity contribution in [1.82, 2.24) is 30.0 Å². The number of anilines is 1. The maximum absolute atomic E-state index is 6.16. The molecule has 0 N–H and O–H groups in total. The summed E-state index contributed by atoms with van der Waals surface area (Å²) >= 11 is 0. The first-order chi connectivity index (χ1) is 16.3. The summed E-state index contributed by atoms with van der Waals surface area (Å²) in [6.45, 7) is 5.32. The summed E-state index contributed by atoms with van der Waals surface area (Å²) in [5.41, 5.74) is 2.15. The largest absolute Gasteiger partial charge is 0.471 e. The minimum Gasteiger partial charge on any atom is -0.471 e. The average molecular weight is 443 g/mol. The van der Waals surface area contributed by atoms with Gasteiger partial charge in [-0.1, -0.05) is 29.4 Å². The zero-order chi connectivity index (χ0) is 22.2. The normalized spacial score (nSPS) is 14.3. The number of benzene rings is 1. The van der Waals surface area contributed by atoms with Crippen molar-refractivity contribution in [2.24, 2.45) is 0 Å². The van der Waals surface area contributed by atoms with Crippen molar-refractivity contribution >= 4 is 22.2 Å². The van der Waals surface area contributed by atoms with Gasteiger partial charge in [-0.2, -0.15) is 4.52 Å². The fraction of sp³-hybridized carbons (Fsp3) is 0.261.